The van der Waals surface area contributed by atoms with Crippen LogP contribution in [0.4, 0.5) is 0 Å². The maximum atomic E-state index is 6.09. The summed E-state index contributed by atoms with van der Waals surface area (Å²) in [5, 5.41) is 0. The van der Waals surface area contributed by atoms with E-state index in [0.29, 0.717) is 11.8 Å². The highest BCUT2D eigenvalue weighted by molar-refractivity contribution is 5.21. The Morgan fingerprint density at radius 1 is 1.30 bits per heavy atom. The summed E-state index contributed by atoms with van der Waals surface area (Å²) in [7, 11) is 3.84. The van der Waals surface area contributed by atoms with Gasteiger partial charge in [0, 0.05) is 65.2 Å². The van der Waals surface area contributed by atoms with Gasteiger partial charge < -0.3 is 18.8 Å². The molecule has 0 bridgehead atoms. The number of aromatic nitrogens is 2. The first kappa shape index (κ1) is 16.9. The molecule has 1 fully saturated rings. The van der Waals surface area contributed by atoms with Crippen LogP contribution in [0.2, 0.25) is 0 Å². The van der Waals surface area contributed by atoms with Crippen molar-refractivity contribution >= 4 is 0 Å². The summed E-state index contributed by atoms with van der Waals surface area (Å²) in [4.78, 5) is 6.99. The standard InChI is InChI=1S/C17H29N3O3/c1-19-13-18-16-10-20(5-8-21-2)9-15(17(16)19)12-23-11-14-3-6-22-7-4-14/h13-15H,3-12H2,1-2H3/t15-/m1/s1. The molecule has 0 N–H and O–H groups in total. The third-order valence-electron chi connectivity index (χ3n) is 4.93. The molecule has 0 aromatic carbocycles. The topological polar surface area (TPSA) is 48.8 Å². The quantitative estimate of drug-likeness (QED) is 0.759. The van der Waals surface area contributed by atoms with Crippen molar-refractivity contribution in [1.82, 2.24) is 14.5 Å². The van der Waals surface area contributed by atoms with Crippen molar-refractivity contribution in [3.63, 3.8) is 0 Å². The normalized spacial score (nSPS) is 23.1. The molecule has 0 radical (unpaired) electrons. The van der Waals surface area contributed by atoms with E-state index in [2.05, 4.69) is 21.5 Å². The Hall–Kier alpha value is -0.950. The molecule has 1 atom stereocenters. The SMILES string of the molecule is COCCN1Cc2ncn(C)c2[C@@H](COCC2CCOCC2)C1. The largest absolute Gasteiger partial charge is 0.383 e. The fraction of sp³-hybridized carbons (Fsp3) is 0.824. The van der Waals surface area contributed by atoms with Gasteiger partial charge in [-0.15, -0.1) is 0 Å². The number of fused-ring (bicyclic) bond motifs is 1. The zero-order chi connectivity index (χ0) is 16.1. The van der Waals surface area contributed by atoms with E-state index < -0.39 is 0 Å². The van der Waals surface area contributed by atoms with Gasteiger partial charge >= 0.3 is 0 Å². The maximum absolute atomic E-state index is 6.09. The van der Waals surface area contributed by atoms with Crippen molar-refractivity contribution in [3.8, 4) is 0 Å². The van der Waals surface area contributed by atoms with Gasteiger partial charge in [-0.3, -0.25) is 4.90 Å². The molecular weight excluding hydrogens is 294 g/mol. The number of hydrogen-bond acceptors (Lipinski definition) is 5. The Kier molecular flexibility index (Phi) is 6.05. The van der Waals surface area contributed by atoms with Crippen molar-refractivity contribution in [2.45, 2.75) is 25.3 Å². The minimum Gasteiger partial charge on any atom is -0.383 e. The molecule has 3 heterocycles. The lowest BCUT2D eigenvalue weighted by atomic mass is 9.98. The number of hydrogen-bond donors (Lipinski definition) is 0. The third kappa shape index (κ3) is 4.32. The van der Waals surface area contributed by atoms with Crippen molar-refractivity contribution in [1.29, 1.82) is 0 Å². The second-order valence-corrected chi connectivity index (χ2v) is 6.71. The van der Waals surface area contributed by atoms with Crippen LogP contribution >= 0.6 is 0 Å². The van der Waals surface area contributed by atoms with Gasteiger partial charge in [0.15, 0.2) is 0 Å². The second kappa shape index (κ2) is 8.24. The highest BCUT2D eigenvalue weighted by Crippen LogP contribution is 2.28. The molecule has 6 heteroatoms. The van der Waals surface area contributed by atoms with Crippen LogP contribution in [0.25, 0.3) is 0 Å². The van der Waals surface area contributed by atoms with Crippen molar-refractivity contribution < 1.29 is 14.2 Å². The third-order valence-corrected chi connectivity index (χ3v) is 4.93. The van der Waals surface area contributed by atoms with Gasteiger partial charge in [0.1, 0.15) is 0 Å². The summed E-state index contributed by atoms with van der Waals surface area (Å²) in [6.45, 7) is 7.03. The van der Waals surface area contributed by atoms with Gasteiger partial charge in [0.05, 0.1) is 25.2 Å². The van der Waals surface area contributed by atoms with Crippen LogP contribution in [0, 0.1) is 5.92 Å². The molecule has 3 rings (SSSR count). The molecule has 0 saturated carbocycles. The van der Waals surface area contributed by atoms with E-state index in [1.165, 1.54) is 11.4 Å². The second-order valence-electron chi connectivity index (χ2n) is 6.71. The van der Waals surface area contributed by atoms with E-state index in [-0.39, 0.29) is 0 Å². The predicted molar refractivity (Wildman–Crippen MR) is 87.5 cm³/mol. The molecule has 1 aromatic rings. The molecule has 1 aromatic heterocycles. The van der Waals surface area contributed by atoms with Crippen LogP contribution in [0.1, 0.15) is 30.1 Å². The van der Waals surface area contributed by atoms with Gasteiger partial charge in [-0.1, -0.05) is 0 Å². The summed E-state index contributed by atoms with van der Waals surface area (Å²) in [6, 6.07) is 0. The van der Waals surface area contributed by atoms with E-state index in [1.54, 1.807) is 7.11 Å². The molecule has 0 amide bonds. The van der Waals surface area contributed by atoms with Crippen molar-refractivity contribution in [2.24, 2.45) is 13.0 Å². The molecule has 0 unspecified atom stereocenters. The average Bonchev–Trinajstić information content (AvgIpc) is 2.95. The zero-order valence-corrected chi connectivity index (χ0v) is 14.4. The monoisotopic (exact) mass is 323 g/mol. The highest BCUT2D eigenvalue weighted by Gasteiger charge is 2.29. The van der Waals surface area contributed by atoms with Crippen LogP contribution in [-0.4, -0.2) is 67.7 Å². The molecule has 0 aliphatic carbocycles. The predicted octanol–water partition coefficient (Wildman–Crippen LogP) is 1.41. The Bertz CT molecular complexity index is 485. The average molecular weight is 323 g/mol. The van der Waals surface area contributed by atoms with Gasteiger partial charge in [-0.25, -0.2) is 4.98 Å². The summed E-state index contributed by atoms with van der Waals surface area (Å²) < 4.78 is 18.9. The lowest BCUT2D eigenvalue weighted by Gasteiger charge is -2.33. The first-order chi connectivity index (χ1) is 11.3. The first-order valence-corrected chi connectivity index (χ1v) is 8.64. The van der Waals surface area contributed by atoms with E-state index in [9.17, 15) is 0 Å². The molecule has 2 aliphatic rings. The van der Waals surface area contributed by atoms with E-state index >= 15 is 0 Å². The molecule has 1 saturated heterocycles. The van der Waals surface area contributed by atoms with E-state index in [0.717, 1.165) is 65.5 Å². The minimum atomic E-state index is 0.392. The lowest BCUT2D eigenvalue weighted by Crippen LogP contribution is -2.38. The molecule has 6 nitrogen and oxygen atoms in total. The fourth-order valence-corrected chi connectivity index (χ4v) is 3.62. The van der Waals surface area contributed by atoms with E-state index in [4.69, 9.17) is 14.2 Å². The number of nitrogens with zero attached hydrogens (tertiary/aromatic N) is 3. The zero-order valence-electron chi connectivity index (χ0n) is 14.4. The Morgan fingerprint density at radius 2 is 2.13 bits per heavy atom. The number of methoxy groups -OCH3 is 1. The van der Waals surface area contributed by atoms with Crippen LogP contribution in [-0.2, 0) is 27.8 Å². The van der Waals surface area contributed by atoms with Gasteiger partial charge in [0.25, 0.3) is 0 Å². The lowest BCUT2D eigenvalue weighted by molar-refractivity contribution is 0.0122. The Labute approximate surface area is 138 Å². The molecule has 130 valence electrons. The molecule has 2 aliphatic heterocycles. The van der Waals surface area contributed by atoms with Crippen LogP contribution in [0.15, 0.2) is 6.33 Å². The molecule has 23 heavy (non-hydrogen) atoms. The van der Waals surface area contributed by atoms with Crippen molar-refractivity contribution in [3.05, 3.63) is 17.7 Å². The maximum Gasteiger partial charge on any atom is 0.0949 e. The van der Waals surface area contributed by atoms with Crippen LogP contribution < -0.4 is 0 Å². The van der Waals surface area contributed by atoms with Gasteiger partial charge in [-0.2, -0.15) is 0 Å². The highest BCUT2D eigenvalue weighted by atomic mass is 16.5. The first-order valence-electron chi connectivity index (χ1n) is 8.64. The number of imidazole rings is 1. The van der Waals surface area contributed by atoms with Gasteiger partial charge in [-0.05, 0) is 18.8 Å². The summed E-state index contributed by atoms with van der Waals surface area (Å²) in [6.07, 6.45) is 4.18. The summed E-state index contributed by atoms with van der Waals surface area (Å²) in [5.41, 5.74) is 2.53. The number of ether oxygens (including phenoxy) is 3. The molecular formula is C17H29N3O3. The Morgan fingerprint density at radius 3 is 2.91 bits per heavy atom. The minimum absolute atomic E-state index is 0.392. The van der Waals surface area contributed by atoms with Gasteiger partial charge in [0.2, 0.25) is 0 Å². The van der Waals surface area contributed by atoms with Crippen molar-refractivity contribution in [2.75, 3.05) is 53.2 Å². The number of rotatable bonds is 7. The summed E-state index contributed by atoms with van der Waals surface area (Å²) >= 11 is 0. The Balaban J connectivity index is 1.56. The van der Waals surface area contributed by atoms with E-state index in [1.807, 2.05) is 6.33 Å². The fourth-order valence-electron chi connectivity index (χ4n) is 3.62. The number of aryl methyl sites for hydroxylation is 1. The summed E-state index contributed by atoms with van der Waals surface area (Å²) in [5.74, 6) is 1.05. The van der Waals surface area contributed by atoms with Crippen LogP contribution in [0.5, 0.6) is 0 Å². The van der Waals surface area contributed by atoms with Crippen LogP contribution in [0.3, 0.4) is 0 Å². The molecule has 0 spiro atoms. The smallest absolute Gasteiger partial charge is 0.0949 e.